The molecule has 0 fully saturated rings. The van der Waals surface area contributed by atoms with Crippen LogP contribution in [0.25, 0.3) is 16.9 Å². The van der Waals surface area contributed by atoms with Crippen LogP contribution in [0.2, 0.25) is 0 Å². The SMILES string of the molecule is Cc1cccc(-c2nn(-c3ccc(F)cc3)cc2C(=O)NCc2ccccc2NS(C)(=O)=O)c1. The third kappa shape index (κ3) is 5.49. The lowest BCUT2D eigenvalue weighted by Crippen LogP contribution is -2.24. The van der Waals surface area contributed by atoms with Crippen molar-refractivity contribution in [1.29, 1.82) is 0 Å². The summed E-state index contributed by atoms with van der Waals surface area (Å²) in [6.45, 7) is 2.05. The van der Waals surface area contributed by atoms with E-state index in [1.807, 2.05) is 31.2 Å². The van der Waals surface area contributed by atoms with Gasteiger partial charge < -0.3 is 5.32 Å². The van der Waals surface area contributed by atoms with Gasteiger partial charge in [-0.15, -0.1) is 0 Å². The zero-order chi connectivity index (χ0) is 24.3. The summed E-state index contributed by atoms with van der Waals surface area (Å²) in [6, 6.07) is 20.3. The minimum Gasteiger partial charge on any atom is -0.348 e. The lowest BCUT2D eigenvalue weighted by atomic mass is 10.1. The first-order chi connectivity index (χ1) is 16.2. The molecule has 0 saturated heterocycles. The Hall–Kier alpha value is -3.98. The van der Waals surface area contributed by atoms with E-state index in [2.05, 4.69) is 15.1 Å². The number of sulfonamides is 1. The molecule has 0 aliphatic rings. The van der Waals surface area contributed by atoms with Gasteiger partial charge in [0.25, 0.3) is 5.91 Å². The number of hydrogen-bond acceptors (Lipinski definition) is 4. The number of hydrogen-bond donors (Lipinski definition) is 2. The Morgan fingerprint density at radius 2 is 1.76 bits per heavy atom. The second-order valence-electron chi connectivity index (χ2n) is 7.90. The molecule has 1 aromatic heterocycles. The van der Waals surface area contributed by atoms with Crippen molar-refractivity contribution in [3.63, 3.8) is 0 Å². The van der Waals surface area contributed by atoms with Gasteiger partial charge in [0.1, 0.15) is 11.5 Å². The summed E-state index contributed by atoms with van der Waals surface area (Å²) in [6.07, 6.45) is 2.67. The van der Waals surface area contributed by atoms with Crippen LogP contribution >= 0.6 is 0 Å². The van der Waals surface area contributed by atoms with Crippen LogP contribution in [0.3, 0.4) is 0 Å². The first-order valence-corrected chi connectivity index (χ1v) is 12.4. The highest BCUT2D eigenvalue weighted by molar-refractivity contribution is 7.92. The number of carbonyl (C=O) groups excluding carboxylic acids is 1. The minimum absolute atomic E-state index is 0.104. The van der Waals surface area contributed by atoms with Gasteiger partial charge >= 0.3 is 0 Å². The van der Waals surface area contributed by atoms with Crippen LogP contribution in [0.4, 0.5) is 10.1 Å². The number of benzene rings is 3. The summed E-state index contributed by atoms with van der Waals surface area (Å²) in [5.41, 5.74) is 4.22. The van der Waals surface area contributed by atoms with Gasteiger partial charge in [-0.25, -0.2) is 17.5 Å². The maximum absolute atomic E-state index is 13.4. The molecule has 4 rings (SSSR count). The zero-order valence-electron chi connectivity index (χ0n) is 18.6. The summed E-state index contributed by atoms with van der Waals surface area (Å²) in [5, 5.41) is 7.46. The Morgan fingerprint density at radius 1 is 1.03 bits per heavy atom. The lowest BCUT2D eigenvalue weighted by molar-refractivity contribution is 0.0951. The monoisotopic (exact) mass is 478 g/mol. The second-order valence-corrected chi connectivity index (χ2v) is 9.64. The van der Waals surface area contributed by atoms with Gasteiger partial charge in [-0.3, -0.25) is 9.52 Å². The molecule has 0 unspecified atom stereocenters. The van der Waals surface area contributed by atoms with E-state index in [-0.39, 0.29) is 18.3 Å². The maximum Gasteiger partial charge on any atom is 0.255 e. The number of para-hydroxylation sites is 1. The third-order valence-corrected chi connectivity index (χ3v) is 5.68. The number of anilines is 1. The van der Waals surface area contributed by atoms with Crippen molar-refractivity contribution in [2.45, 2.75) is 13.5 Å². The molecule has 0 aliphatic heterocycles. The lowest BCUT2D eigenvalue weighted by Gasteiger charge is -2.11. The fourth-order valence-electron chi connectivity index (χ4n) is 3.52. The van der Waals surface area contributed by atoms with Crippen molar-refractivity contribution in [3.8, 4) is 16.9 Å². The first-order valence-electron chi connectivity index (χ1n) is 10.5. The molecule has 2 N–H and O–H groups in total. The topological polar surface area (TPSA) is 93.1 Å². The van der Waals surface area contributed by atoms with Crippen molar-refractivity contribution in [2.75, 3.05) is 11.0 Å². The van der Waals surface area contributed by atoms with Crippen molar-refractivity contribution in [2.24, 2.45) is 0 Å². The largest absolute Gasteiger partial charge is 0.348 e. The quantitative estimate of drug-likeness (QED) is 0.415. The smallest absolute Gasteiger partial charge is 0.255 e. The van der Waals surface area contributed by atoms with E-state index in [9.17, 15) is 17.6 Å². The molecule has 4 aromatic rings. The van der Waals surface area contributed by atoms with Crippen LogP contribution in [-0.4, -0.2) is 30.4 Å². The fraction of sp³-hybridized carbons (Fsp3) is 0.120. The summed E-state index contributed by atoms with van der Waals surface area (Å²) in [7, 11) is -3.47. The molecule has 0 spiro atoms. The summed E-state index contributed by atoms with van der Waals surface area (Å²) in [4.78, 5) is 13.2. The van der Waals surface area contributed by atoms with E-state index in [0.717, 1.165) is 17.4 Å². The van der Waals surface area contributed by atoms with Crippen LogP contribution in [0, 0.1) is 12.7 Å². The molecule has 34 heavy (non-hydrogen) atoms. The van der Waals surface area contributed by atoms with Gasteiger partial charge in [-0.2, -0.15) is 5.10 Å². The van der Waals surface area contributed by atoms with E-state index in [1.165, 1.54) is 16.8 Å². The predicted molar refractivity (Wildman–Crippen MR) is 130 cm³/mol. The van der Waals surface area contributed by atoms with E-state index in [4.69, 9.17) is 0 Å². The Balaban J connectivity index is 1.66. The molecule has 0 radical (unpaired) electrons. The minimum atomic E-state index is -3.47. The van der Waals surface area contributed by atoms with Crippen LogP contribution in [-0.2, 0) is 16.6 Å². The molecule has 7 nitrogen and oxygen atoms in total. The van der Waals surface area contributed by atoms with Crippen LogP contribution in [0.5, 0.6) is 0 Å². The Bertz CT molecular complexity index is 1450. The van der Waals surface area contributed by atoms with Gasteiger partial charge in [-0.05, 0) is 48.9 Å². The van der Waals surface area contributed by atoms with Gasteiger partial charge in [-0.1, -0.05) is 42.0 Å². The first kappa shape index (κ1) is 23.2. The molecule has 0 aliphatic carbocycles. The average molecular weight is 479 g/mol. The van der Waals surface area contributed by atoms with Gasteiger partial charge in [0.2, 0.25) is 10.0 Å². The normalized spacial score (nSPS) is 11.3. The third-order valence-electron chi connectivity index (χ3n) is 5.09. The molecular formula is C25H23FN4O3S. The molecule has 3 aromatic carbocycles. The molecule has 9 heteroatoms. The second kappa shape index (κ2) is 9.48. The van der Waals surface area contributed by atoms with Crippen molar-refractivity contribution in [1.82, 2.24) is 15.1 Å². The number of rotatable bonds is 7. The summed E-state index contributed by atoms with van der Waals surface area (Å²) < 4.78 is 40.7. The van der Waals surface area contributed by atoms with Crippen LogP contribution in [0.1, 0.15) is 21.5 Å². The number of aryl methyl sites for hydroxylation is 1. The maximum atomic E-state index is 13.4. The number of halogens is 1. The Labute approximate surface area is 197 Å². The fourth-order valence-corrected chi connectivity index (χ4v) is 4.11. The highest BCUT2D eigenvalue weighted by atomic mass is 32.2. The molecule has 174 valence electrons. The standard InChI is InChI=1S/C25H23FN4O3S/c1-17-6-5-8-18(14-17)24-22(16-30(28-24)21-12-10-20(26)11-13-21)25(31)27-15-19-7-3-4-9-23(19)29-34(2,32)33/h3-14,16,29H,15H2,1-2H3,(H,27,31). The zero-order valence-corrected chi connectivity index (χ0v) is 19.4. The van der Waals surface area contributed by atoms with Crippen LogP contribution < -0.4 is 10.0 Å². The number of nitrogens with zero attached hydrogens (tertiary/aromatic N) is 2. The number of aromatic nitrogens is 2. The van der Waals surface area contributed by atoms with Gasteiger partial charge in [0, 0.05) is 18.3 Å². The highest BCUT2D eigenvalue weighted by Gasteiger charge is 2.19. The van der Waals surface area contributed by atoms with Crippen molar-refractivity contribution >= 4 is 21.6 Å². The molecular weight excluding hydrogens is 455 g/mol. The van der Waals surface area contributed by atoms with E-state index >= 15 is 0 Å². The van der Waals surface area contributed by atoms with Crippen LogP contribution in [0.15, 0.2) is 79.0 Å². The van der Waals surface area contributed by atoms with Crippen molar-refractivity contribution < 1.29 is 17.6 Å². The van der Waals surface area contributed by atoms with Gasteiger partial charge in [0.15, 0.2) is 0 Å². The number of nitrogens with one attached hydrogen (secondary N) is 2. The van der Waals surface area contributed by atoms with E-state index < -0.39 is 10.0 Å². The molecule has 0 bridgehead atoms. The summed E-state index contributed by atoms with van der Waals surface area (Å²) >= 11 is 0. The molecule has 1 amide bonds. The Kier molecular flexibility index (Phi) is 6.47. The molecule has 0 atom stereocenters. The van der Waals surface area contributed by atoms with E-state index in [1.54, 1.807) is 42.6 Å². The average Bonchev–Trinajstić information content (AvgIpc) is 3.23. The van der Waals surface area contributed by atoms with Crippen molar-refractivity contribution in [3.05, 3.63) is 102 Å². The molecule has 1 heterocycles. The van der Waals surface area contributed by atoms with E-state index in [0.29, 0.717) is 28.2 Å². The summed E-state index contributed by atoms with van der Waals surface area (Å²) in [5.74, 6) is -0.742. The molecule has 0 saturated carbocycles. The predicted octanol–water partition coefficient (Wildman–Crippen LogP) is 4.29. The number of amides is 1. The van der Waals surface area contributed by atoms with Gasteiger partial charge in [0.05, 0.1) is 23.2 Å². The highest BCUT2D eigenvalue weighted by Crippen LogP contribution is 2.25. The Morgan fingerprint density at radius 3 is 2.47 bits per heavy atom. The number of carbonyl (C=O) groups is 1.